The van der Waals surface area contributed by atoms with Gasteiger partial charge in [-0.1, -0.05) is 0 Å². The summed E-state index contributed by atoms with van der Waals surface area (Å²) in [5.41, 5.74) is 0. The number of nitrogens with zero attached hydrogens (tertiary/aromatic N) is 3. The molecule has 2 saturated heterocycles. The molecule has 7 nitrogen and oxygen atoms in total. The van der Waals surface area contributed by atoms with Crippen LogP contribution < -0.4 is 0 Å². The molecule has 0 aromatic rings. The van der Waals surface area contributed by atoms with Crippen molar-refractivity contribution in [1.29, 1.82) is 0 Å². The lowest BCUT2D eigenvalue weighted by atomic mass is 9.94. The molecule has 2 aliphatic rings. The maximum absolute atomic E-state index is 12.4. The second-order valence-electron chi connectivity index (χ2n) is 5.80. The van der Waals surface area contributed by atoms with Crippen LogP contribution in [-0.2, 0) is 9.59 Å². The van der Waals surface area contributed by atoms with Crippen molar-refractivity contribution in [2.45, 2.75) is 26.2 Å². The summed E-state index contributed by atoms with van der Waals surface area (Å²) in [4.78, 5) is 39.7. The summed E-state index contributed by atoms with van der Waals surface area (Å²) in [6, 6.07) is 0.0203. The van der Waals surface area contributed by atoms with Gasteiger partial charge in [-0.15, -0.1) is 0 Å². The standard InChI is InChI=1S/C14H23N3O4/c1-11(18)15-6-8-17(9-7-15)14(21)16-4-2-12(3-5-16)10-13(19)20/h12H,2-10H2,1H3,(H,19,20). The van der Waals surface area contributed by atoms with Crippen LogP contribution in [0, 0.1) is 5.92 Å². The zero-order chi connectivity index (χ0) is 15.4. The molecule has 0 atom stereocenters. The fourth-order valence-electron chi connectivity index (χ4n) is 2.99. The predicted molar refractivity (Wildman–Crippen MR) is 75.8 cm³/mol. The number of carboxylic acids is 1. The zero-order valence-electron chi connectivity index (χ0n) is 12.5. The number of likely N-dealkylation sites (tertiary alicyclic amines) is 1. The minimum Gasteiger partial charge on any atom is -0.481 e. The number of amides is 3. The number of aliphatic carboxylic acids is 1. The molecule has 0 bridgehead atoms. The van der Waals surface area contributed by atoms with E-state index in [9.17, 15) is 14.4 Å². The third-order valence-corrected chi connectivity index (χ3v) is 4.34. The molecule has 0 aliphatic carbocycles. The van der Waals surface area contributed by atoms with Crippen molar-refractivity contribution >= 4 is 17.9 Å². The van der Waals surface area contributed by atoms with Crippen molar-refractivity contribution in [1.82, 2.24) is 14.7 Å². The van der Waals surface area contributed by atoms with Crippen LogP contribution in [0.1, 0.15) is 26.2 Å². The molecule has 0 saturated carbocycles. The Bertz CT molecular complexity index is 410. The second kappa shape index (κ2) is 6.78. The van der Waals surface area contributed by atoms with E-state index < -0.39 is 5.97 Å². The van der Waals surface area contributed by atoms with E-state index in [1.807, 2.05) is 4.90 Å². The Labute approximate surface area is 124 Å². The average Bonchev–Trinajstić information content (AvgIpc) is 2.47. The summed E-state index contributed by atoms with van der Waals surface area (Å²) in [6.07, 6.45) is 1.70. The molecule has 2 rings (SSSR count). The van der Waals surface area contributed by atoms with Gasteiger partial charge in [0, 0.05) is 52.6 Å². The lowest BCUT2D eigenvalue weighted by Gasteiger charge is -2.39. The van der Waals surface area contributed by atoms with Crippen LogP contribution in [0.15, 0.2) is 0 Å². The topological polar surface area (TPSA) is 81.2 Å². The highest BCUT2D eigenvalue weighted by Crippen LogP contribution is 2.21. The molecule has 0 radical (unpaired) electrons. The first-order valence-electron chi connectivity index (χ1n) is 7.48. The number of piperazine rings is 1. The van der Waals surface area contributed by atoms with Gasteiger partial charge in [0.1, 0.15) is 0 Å². The smallest absolute Gasteiger partial charge is 0.320 e. The van der Waals surface area contributed by atoms with Crippen LogP contribution in [-0.4, -0.2) is 77.0 Å². The SMILES string of the molecule is CC(=O)N1CCN(C(=O)N2CCC(CC(=O)O)CC2)CC1. The molecule has 3 amide bonds. The number of hydrogen-bond donors (Lipinski definition) is 1. The first-order valence-corrected chi connectivity index (χ1v) is 7.48. The van der Waals surface area contributed by atoms with Crippen molar-refractivity contribution in [3.05, 3.63) is 0 Å². The number of urea groups is 1. The number of hydrogen-bond acceptors (Lipinski definition) is 3. The van der Waals surface area contributed by atoms with Gasteiger partial charge in [0.25, 0.3) is 0 Å². The minimum atomic E-state index is -0.764. The highest BCUT2D eigenvalue weighted by Gasteiger charge is 2.29. The molecule has 7 heteroatoms. The van der Waals surface area contributed by atoms with Crippen LogP contribution in [0.2, 0.25) is 0 Å². The fourth-order valence-corrected chi connectivity index (χ4v) is 2.99. The number of carbonyl (C=O) groups excluding carboxylic acids is 2. The monoisotopic (exact) mass is 297 g/mol. The minimum absolute atomic E-state index is 0.0203. The Kier molecular flexibility index (Phi) is 5.03. The Balaban J connectivity index is 1.77. The molecule has 21 heavy (non-hydrogen) atoms. The molecule has 0 unspecified atom stereocenters. The van der Waals surface area contributed by atoms with Crippen LogP contribution >= 0.6 is 0 Å². The van der Waals surface area contributed by atoms with Crippen LogP contribution in [0.25, 0.3) is 0 Å². The Hall–Kier alpha value is -1.79. The van der Waals surface area contributed by atoms with Crippen molar-refractivity contribution in [2.24, 2.45) is 5.92 Å². The number of carbonyl (C=O) groups is 3. The van der Waals surface area contributed by atoms with Gasteiger partial charge in [0.15, 0.2) is 0 Å². The first kappa shape index (κ1) is 15.6. The highest BCUT2D eigenvalue weighted by molar-refractivity contribution is 5.76. The van der Waals surface area contributed by atoms with Crippen LogP contribution in [0.4, 0.5) is 4.79 Å². The lowest BCUT2D eigenvalue weighted by Crippen LogP contribution is -2.54. The zero-order valence-corrected chi connectivity index (χ0v) is 12.5. The molecular weight excluding hydrogens is 274 g/mol. The third kappa shape index (κ3) is 4.09. The van der Waals surface area contributed by atoms with Crippen molar-refractivity contribution in [3.63, 3.8) is 0 Å². The van der Waals surface area contributed by atoms with E-state index in [0.717, 1.165) is 12.8 Å². The second-order valence-corrected chi connectivity index (χ2v) is 5.80. The summed E-state index contributed by atoms with van der Waals surface area (Å²) in [5, 5.41) is 8.79. The van der Waals surface area contributed by atoms with Crippen molar-refractivity contribution in [3.8, 4) is 0 Å². The van der Waals surface area contributed by atoms with E-state index in [0.29, 0.717) is 39.3 Å². The molecule has 2 fully saturated rings. The summed E-state index contributed by atoms with van der Waals surface area (Å²) < 4.78 is 0. The average molecular weight is 297 g/mol. The van der Waals surface area contributed by atoms with E-state index >= 15 is 0 Å². The van der Waals surface area contributed by atoms with Crippen LogP contribution in [0.5, 0.6) is 0 Å². The van der Waals surface area contributed by atoms with E-state index in [4.69, 9.17) is 5.11 Å². The summed E-state index contributed by atoms with van der Waals surface area (Å²) in [6.45, 7) is 5.14. The van der Waals surface area contributed by atoms with Crippen molar-refractivity contribution in [2.75, 3.05) is 39.3 Å². The quantitative estimate of drug-likeness (QED) is 0.803. The van der Waals surface area contributed by atoms with Crippen LogP contribution in [0.3, 0.4) is 0 Å². The molecule has 2 heterocycles. The summed E-state index contributed by atoms with van der Waals surface area (Å²) in [7, 11) is 0. The van der Waals surface area contributed by atoms with Gasteiger partial charge in [-0.2, -0.15) is 0 Å². The number of carboxylic acid groups (broad SMARTS) is 1. The Morgan fingerprint density at radius 2 is 1.38 bits per heavy atom. The lowest BCUT2D eigenvalue weighted by molar-refractivity contribution is -0.138. The van der Waals surface area contributed by atoms with E-state index in [1.165, 1.54) is 0 Å². The third-order valence-electron chi connectivity index (χ3n) is 4.34. The van der Waals surface area contributed by atoms with Gasteiger partial charge in [-0.3, -0.25) is 9.59 Å². The van der Waals surface area contributed by atoms with Gasteiger partial charge in [0.2, 0.25) is 5.91 Å². The maximum atomic E-state index is 12.4. The summed E-state index contributed by atoms with van der Waals surface area (Å²) in [5.74, 6) is -0.530. The Morgan fingerprint density at radius 3 is 1.86 bits per heavy atom. The van der Waals surface area contributed by atoms with Crippen molar-refractivity contribution < 1.29 is 19.5 Å². The maximum Gasteiger partial charge on any atom is 0.320 e. The van der Waals surface area contributed by atoms with Gasteiger partial charge in [0.05, 0.1) is 0 Å². The summed E-state index contributed by atoms with van der Waals surface area (Å²) >= 11 is 0. The van der Waals surface area contributed by atoms with Gasteiger partial charge in [-0.25, -0.2) is 4.79 Å². The molecule has 0 aromatic heterocycles. The van der Waals surface area contributed by atoms with E-state index in [1.54, 1.807) is 16.7 Å². The van der Waals surface area contributed by atoms with Gasteiger partial charge >= 0.3 is 12.0 Å². The molecule has 2 aliphatic heterocycles. The van der Waals surface area contributed by atoms with Gasteiger partial charge in [-0.05, 0) is 18.8 Å². The number of rotatable bonds is 2. The fraction of sp³-hybridized carbons (Fsp3) is 0.786. The highest BCUT2D eigenvalue weighted by atomic mass is 16.4. The number of piperidine rings is 1. The Morgan fingerprint density at radius 1 is 0.905 bits per heavy atom. The molecular formula is C14H23N3O4. The molecule has 0 aromatic carbocycles. The molecule has 0 spiro atoms. The predicted octanol–water partition coefficient (Wildman–Crippen LogP) is 0.457. The first-order chi connectivity index (χ1) is 9.97. The van der Waals surface area contributed by atoms with Gasteiger partial charge < -0.3 is 19.8 Å². The van der Waals surface area contributed by atoms with E-state index in [2.05, 4.69) is 0 Å². The van der Waals surface area contributed by atoms with E-state index in [-0.39, 0.29) is 24.3 Å². The normalized spacial score (nSPS) is 20.5. The largest absolute Gasteiger partial charge is 0.481 e. The molecule has 1 N–H and O–H groups in total. The molecule has 118 valence electrons.